The molecular formula is C6H10O2. The number of ether oxygens (including phenoxy) is 2. The summed E-state index contributed by atoms with van der Waals surface area (Å²) < 4.78 is 10.1. The molecule has 1 aliphatic rings. The predicted molar refractivity (Wildman–Crippen MR) is 30.8 cm³/mol. The smallest absolute Gasteiger partial charge is 0.104 e. The minimum absolute atomic E-state index is 0.341. The summed E-state index contributed by atoms with van der Waals surface area (Å²) in [6, 6.07) is 0. The van der Waals surface area contributed by atoms with Crippen LogP contribution in [0.2, 0.25) is 0 Å². The van der Waals surface area contributed by atoms with Crippen LogP contribution in [0.5, 0.6) is 0 Å². The maximum absolute atomic E-state index is 5.18. The molecule has 46 valence electrons. The summed E-state index contributed by atoms with van der Waals surface area (Å²) in [6.45, 7) is 5.69. The van der Waals surface area contributed by atoms with Crippen molar-refractivity contribution < 1.29 is 9.47 Å². The second kappa shape index (κ2) is 2.84. The van der Waals surface area contributed by atoms with Crippen LogP contribution in [0.4, 0.5) is 0 Å². The van der Waals surface area contributed by atoms with E-state index in [4.69, 9.17) is 9.47 Å². The van der Waals surface area contributed by atoms with Crippen molar-refractivity contribution in [2.45, 2.75) is 6.10 Å². The molecule has 1 saturated heterocycles. The van der Waals surface area contributed by atoms with E-state index in [1.165, 1.54) is 0 Å². The Labute approximate surface area is 49.1 Å². The summed E-state index contributed by atoms with van der Waals surface area (Å²) in [4.78, 5) is 0. The number of rotatable bonds is 3. The van der Waals surface area contributed by atoms with Crippen LogP contribution in [-0.2, 0) is 9.47 Å². The van der Waals surface area contributed by atoms with Crippen molar-refractivity contribution in [3.63, 3.8) is 0 Å². The van der Waals surface area contributed by atoms with Crippen LogP contribution < -0.4 is 0 Å². The summed E-state index contributed by atoms with van der Waals surface area (Å²) in [7, 11) is 0. The van der Waals surface area contributed by atoms with Crippen molar-refractivity contribution in [3.05, 3.63) is 12.7 Å². The Hall–Kier alpha value is -0.340. The van der Waals surface area contributed by atoms with Gasteiger partial charge in [0, 0.05) is 0 Å². The lowest BCUT2D eigenvalue weighted by atomic mass is 10.3. The van der Waals surface area contributed by atoms with Gasteiger partial charge in [-0.2, -0.15) is 0 Å². The van der Waals surface area contributed by atoms with E-state index < -0.39 is 0 Å². The summed E-state index contributed by atoms with van der Waals surface area (Å²) in [5.74, 6) is 0. The van der Waals surface area contributed by atoms with Gasteiger partial charge in [0.1, 0.15) is 6.10 Å². The van der Waals surface area contributed by atoms with Crippen LogP contribution in [0.1, 0.15) is 0 Å². The van der Waals surface area contributed by atoms with Crippen LogP contribution in [0.15, 0.2) is 12.7 Å². The van der Waals surface area contributed by atoms with Gasteiger partial charge in [0.05, 0.1) is 19.8 Å². The molecule has 0 unspecified atom stereocenters. The normalized spacial score (nSPS) is 20.0. The van der Waals surface area contributed by atoms with Gasteiger partial charge in [-0.25, -0.2) is 0 Å². The first-order valence-corrected chi connectivity index (χ1v) is 2.73. The monoisotopic (exact) mass is 114 g/mol. The second-order valence-corrected chi connectivity index (χ2v) is 1.78. The Morgan fingerprint density at radius 1 is 1.75 bits per heavy atom. The Morgan fingerprint density at radius 2 is 2.50 bits per heavy atom. The molecule has 0 saturated carbocycles. The Balaban J connectivity index is 1.93. The topological polar surface area (TPSA) is 18.5 Å². The second-order valence-electron chi connectivity index (χ2n) is 1.78. The van der Waals surface area contributed by atoms with E-state index in [2.05, 4.69) is 6.58 Å². The van der Waals surface area contributed by atoms with Gasteiger partial charge in [0.25, 0.3) is 0 Å². The van der Waals surface area contributed by atoms with Gasteiger partial charge in [-0.1, -0.05) is 6.08 Å². The molecule has 1 heterocycles. The molecule has 1 fully saturated rings. The average molecular weight is 114 g/mol. The minimum Gasteiger partial charge on any atom is -0.376 e. The molecule has 1 aliphatic heterocycles. The number of hydrogen-bond donors (Lipinski definition) is 0. The summed E-state index contributed by atoms with van der Waals surface area (Å²) >= 11 is 0. The first-order chi connectivity index (χ1) is 3.93. The molecule has 2 nitrogen and oxygen atoms in total. The zero-order chi connectivity index (χ0) is 5.82. The molecule has 0 aliphatic carbocycles. The van der Waals surface area contributed by atoms with Crippen LogP contribution in [-0.4, -0.2) is 25.9 Å². The molecule has 0 aromatic carbocycles. The van der Waals surface area contributed by atoms with Crippen LogP contribution in [0, 0.1) is 0 Å². The fourth-order valence-corrected chi connectivity index (χ4v) is 0.514. The van der Waals surface area contributed by atoms with Gasteiger partial charge in [0.2, 0.25) is 0 Å². The fraction of sp³-hybridized carbons (Fsp3) is 0.667. The van der Waals surface area contributed by atoms with E-state index in [0.29, 0.717) is 12.7 Å². The zero-order valence-corrected chi connectivity index (χ0v) is 4.80. The standard InChI is InChI=1S/C6H10O2/c1-2-3-8-6-4-7-5-6/h2,6H,1,3-5H2. The van der Waals surface area contributed by atoms with Crippen molar-refractivity contribution in [1.29, 1.82) is 0 Å². The third-order valence-electron chi connectivity index (χ3n) is 1.06. The summed E-state index contributed by atoms with van der Waals surface area (Å²) in [5.41, 5.74) is 0. The van der Waals surface area contributed by atoms with Crippen LogP contribution >= 0.6 is 0 Å². The molecule has 8 heavy (non-hydrogen) atoms. The highest BCUT2D eigenvalue weighted by atomic mass is 16.6. The zero-order valence-electron chi connectivity index (χ0n) is 4.80. The Morgan fingerprint density at radius 3 is 2.88 bits per heavy atom. The molecule has 0 aromatic rings. The van der Waals surface area contributed by atoms with Crippen molar-refractivity contribution >= 4 is 0 Å². The fourth-order valence-electron chi connectivity index (χ4n) is 0.514. The molecule has 0 aromatic heterocycles. The van der Waals surface area contributed by atoms with E-state index >= 15 is 0 Å². The van der Waals surface area contributed by atoms with E-state index in [1.54, 1.807) is 6.08 Å². The highest BCUT2D eigenvalue weighted by Crippen LogP contribution is 2.03. The van der Waals surface area contributed by atoms with Crippen LogP contribution in [0.3, 0.4) is 0 Å². The van der Waals surface area contributed by atoms with E-state index in [9.17, 15) is 0 Å². The largest absolute Gasteiger partial charge is 0.376 e. The van der Waals surface area contributed by atoms with Gasteiger partial charge in [0.15, 0.2) is 0 Å². The molecule has 0 spiro atoms. The Kier molecular flexibility index (Phi) is 2.06. The molecular weight excluding hydrogens is 104 g/mol. The van der Waals surface area contributed by atoms with Crippen LogP contribution in [0.25, 0.3) is 0 Å². The first-order valence-electron chi connectivity index (χ1n) is 2.73. The molecule has 0 bridgehead atoms. The van der Waals surface area contributed by atoms with Crippen molar-refractivity contribution in [3.8, 4) is 0 Å². The minimum atomic E-state index is 0.341. The number of hydrogen-bond acceptors (Lipinski definition) is 2. The maximum atomic E-state index is 5.18. The van der Waals surface area contributed by atoms with Gasteiger partial charge in [-0.3, -0.25) is 0 Å². The van der Waals surface area contributed by atoms with Crippen molar-refractivity contribution in [2.24, 2.45) is 0 Å². The van der Waals surface area contributed by atoms with E-state index in [0.717, 1.165) is 13.2 Å². The van der Waals surface area contributed by atoms with Gasteiger partial charge >= 0.3 is 0 Å². The summed E-state index contributed by atoms with van der Waals surface area (Å²) in [6.07, 6.45) is 2.09. The molecule has 0 amide bonds. The van der Waals surface area contributed by atoms with Crippen molar-refractivity contribution in [1.82, 2.24) is 0 Å². The van der Waals surface area contributed by atoms with Gasteiger partial charge in [-0.05, 0) is 0 Å². The van der Waals surface area contributed by atoms with E-state index in [-0.39, 0.29) is 0 Å². The predicted octanol–water partition coefficient (Wildman–Crippen LogP) is 0.588. The average Bonchev–Trinajstić information content (AvgIpc) is 1.63. The van der Waals surface area contributed by atoms with Gasteiger partial charge in [-0.15, -0.1) is 6.58 Å². The van der Waals surface area contributed by atoms with E-state index in [1.807, 2.05) is 0 Å². The Bertz CT molecular complexity index is 76.6. The lowest BCUT2D eigenvalue weighted by Crippen LogP contribution is -2.35. The quantitative estimate of drug-likeness (QED) is 0.500. The summed E-state index contributed by atoms with van der Waals surface area (Å²) in [5, 5.41) is 0. The molecule has 0 radical (unpaired) electrons. The molecule has 1 rings (SSSR count). The van der Waals surface area contributed by atoms with Crippen molar-refractivity contribution in [2.75, 3.05) is 19.8 Å². The molecule has 0 atom stereocenters. The third kappa shape index (κ3) is 1.32. The lowest BCUT2D eigenvalue weighted by Gasteiger charge is -2.25. The SMILES string of the molecule is C=CCOC1COC1. The van der Waals surface area contributed by atoms with Gasteiger partial charge < -0.3 is 9.47 Å². The molecule has 0 N–H and O–H groups in total. The molecule has 2 heteroatoms. The first kappa shape index (κ1) is 5.79. The lowest BCUT2D eigenvalue weighted by molar-refractivity contribution is -0.122. The maximum Gasteiger partial charge on any atom is 0.104 e. The highest BCUT2D eigenvalue weighted by Gasteiger charge is 2.17. The third-order valence-corrected chi connectivity index (χ3v) is 1.06. The highest BCUT2D eigenvalue weighted by molar-refractivity contribution is 4.69.